The van der Waals surface area contributed by atoms with Crippen LogP contribution in [0.1, 0.15) is 62.3 Å². The van der Waals surface area contributed by atoms with E-state index in [2.05, 4.69) is 25.8 Å². The number of nitrogens with two attached hydrogens (primary N) is 5. The Morgan fingerprint density at radius 2 is 1.64 bits per heavy atom. The summed E-state index contributed by atoms with van der Waals surface area (Å²) in [4.78, 5) is 53.8. The van der Waals surface area contributed by atoms with Gasteiger partial charge in [-0.2, -0.15) is 4.98 Å². The molecule has 0 aliphatic heterocycles. The normalized spacial score (nSPS) is 13.4. The first-order chi connectivity index (χ1) is 15.5. The molecule has 1 aromatic rings. The molecule has 1 heterocycles. The van der Waals surface area contributed by atoms with Crippen molar-refractivity contribution >= 4 is 29.8 Å². The summed E-state index contributed by atoms with van der Waals surface area (Å²) in [7, 11) is 0. The second-order valence-corrected chi connectivity index (χ2v) is 7.14. The highest BCUT2D eigenvalue weighted by Crippen LogP contribution is 2.20. The van der Waals surface area contributed by atoms with E-state index < -0.39 is 41.9 Å². The molecule has 0 aromatic carbocycles. The summed E-state index contributed by atoms with van der Waals surface area (Å²) in [5.41, 5.74) is 26.7. The Morgan fingerprint density at radius 3 is 2.21 bits per heavy atom. The maximum atomic E-state index is 12.4. The van der Waals surface area contributed by atoms with Gasteiger partial charge in [0.1, 0.15) is 6.04 Å². The average Bonchev–Trinajstić information content (AvgIpc) is 3.21. The molecule has 0 unspecified atom stereocenters. The van der Waals surface area contributed by atoms with Gasteiger partial charge in [-0.25, -0.2) is 4.79 Å². The maximum absolute atomic E-state index is 12.4. The monoisotopic (exact) mass is 471 g/mol. The second-order valence-electron chi connectivity index (χ2n) is 7.14. The number of aliphatic imine (C=N–C) groups is 1. The van der Waals surface area contributed by atoms with Crippen LogP contribution in [0.5, 0.6) is 0 Å². The van der Waals surface area contributed by atoms with E-state index in [1.165, 1.54) is 0 Å². The summed E-state index contributed by atoms with van der Waals surface area (Å²) >= 11 is 0. The predicted octanol–water partition coefficient (Wildman–Crippen LogP) is -3.39. The van der Waals surface area contributed by atoms with Gasteiger partial charge >= 0.3 is 12.0 Å². The maximum Gasteiger partial charge on any atom is 0.538 e. The van der Waals surface area contributed by atoms with Gasteiger partial charge in [-0.3, -0.25) is 14.6 Å². The standard InChI is InChI=1S/C17H30N10O6/c18-8(3-5-11(19)28)13-26-14(33-27-13)9(2-1-7-23-16(21)22)24-17(32)25-10(15(30)31)4-6-12(20)29/h8-10H,1-7,18H2,(H2,19,28)(H2,20,29)(H,30,31)(H4,21,22,23)(H2,24,25,32)/p+1/t8-,9-,10-/m0/s1. The van der Waals surface area contributed by atoms with E-state index in [0.717, 1.165) is 0 Å². The second kappa shape index (κ2) is 13.5. The minimum atomic E-state index is -1.24. The van der Waals surface area contributed by atoms with Crippen molar-refractivity contribution in [2.24, 2.45) is 33.7 Å². The van der Waals surface area contributed by atoms with E-state index in [1.807, 2.05) is 0 Å². The Kier molecular flexibility index (Phi) is 11.0. The van der Waals surface area contributed by atoms with Gasteiger partial charge in [0.25, 0.3) is 0 Å². The molecule has 16 heteroatoms. The number of guanidine groups is 1. The molecule has 0 spiro atoms. The summed E-state index contributed by atoms with van der Waals surface area (Å²) in [6.07, 6.45) is 0.597. The Balaban J connectivity index is 2.90. The Morgan fingerprint density at radius 1 is 1.00 bits per heavy atom. The third-order valence-electron chi connectivity index (χ3n) is 4.34. The predicted molar refractivity (Wildman–Crippen MR) is 115 cm³/mol. The van der Waals surface area contributed by atoms with Crippen molar-refractivity contribution in [3.8, 4) is 0 Å². The van der Waals surface area contributed by atoms with Crippen LogP contribution in [0.25, 0.3) is 0 Å². The van der Waals surface area contributed by atoms with Crippen molar-refractivity contribution in [2.45, 2.75) is 56.7 Å². The summed E-state index contributed by atoms with van der Waals surface area (Å²) < 4.78 is 5.22. The quantitative estimate of drug-likeness (QED) is 0.0575. The number of carbonyl (C=O) groups is 4. The van der Waals surface area contributed by atoms with Crippen molar-refractivity contribution in [1.82, 2.24) is 20.8 Å². The molecule has 0 saturated carbocycles. The van der Waals surface area contributed by atoms with Crippen molar-refractivity contribution in [2.75, 3.05) is 6.54 Å². The first kappa shape index (κ1) is 27.1. The number of carbonyl (C=O) groups excluding carboxylic acids is 4. The third kappa shape index (κ3) is 10.8. The molecule has 14 N–H and O–H groups in total. The van der Waals surface area contributed by atoms with Gasteiger partial charge in [0, 0.05) is 24.2 Å². The van der Waals surface area contributed by atoms with Gasteiger partial charge in [0.2, 0.25) is 17.7 Å². The topological polar surface area (TPSA) is 297 Å². The summed E-state index contributed by atoms with van der Waals surface area (Å²) in [6, 6.07) is -3.58. The van der Waals surface area contributed by atoms with Crippen LogP contribution < -0.4 is 39.3 Å². The fourth-order valence-electron chi connectivity index (χ4n) is 2.64. The molecule has 0 bridgehead atoms. The molecule has 1 rings (SSSR count). The molecular weight excluding hydrogens is 440 g/mol. The van der Waals surface area contributed by atoms with Crippen LogP contribution in [0, 0.1) is 0 Å². The Hall–Kier alpha value is -3.95. The lowest BCUT2D eigenvalue weighted by Gasteiger charge is -2.17. The molecule has 1 aromatic heterocycles. The van der Waals surface area contributed by atoms with Crippen LogP contribution in [0.4, 0.5) is 4.79 Å². The average molecular weight is 471 g/mol. The highest BCUT2D eigenvalue weighted by Gasteiger charge is 2.29. The molecule has 0 radical (unpaired) electrons. The molecule has 0 aliphatic rings. The number of hydrogen-bond donors (Lipinski definition) is 7. The molecule has 33 heavy (non-hydrogen) atoms. The lowest BCUT2D eigenvalue weighted by atomic mass is 10.1. The third-order valence-corrected chi connectivity index (χ3v) is 4.34. The number of nitrogens with one attached hydrogen (secondary N) is 2. The number of aromatic nitrogens is 2. The largest absolute Gasteiger partial charge is 0.563 e. The van der Waals surface area contributed by atoms with E-state index in [9.17, 15) is 19.2 Å². The fraction of sp³-hybridized carbons (Fsp3) is 0.588. The van der Waals surface area contributed by atoms with Crippen molar-refractivity contribution in [1.29, 1.82) is 0 Å². The van der Waals surface area contributed by atoms with Crippen LogP contribution in [-0.4, -0.2) is 57.6 Å². The molecule has 184 valence electrons. The molecule has 0 aliphatic carbocycles. The highest BCUT2D eigenvalue weighted by atomic mass is 16.5. The van der Waals surface area contributed by atoms with Gasteiger partial charge in [-0.05, 0) is 25.7 Å². The van der Waals surface area contributed by atoms with Gasteiger partial charge in [0.15, 0.2) is 17.8 Å². The van der Waals surface area contributed by atoms with Crippen molar-refractivity contribution in [3.63, 3.8) is 0 Å². The van der Waals surface area contributed by atoms with Gasteiger partial charge in [-0.15, -0.1) is 0 Å². The molecule has 16 nitrogen and oxygen atoms in total. The minimum Gasteiger partial charge on any atom is -0.563 e. The molecule has 3 atom stereocenters. The number of nitrogens with zero attached hydrogens (tertiary/aromatic N) is 3. The lowest BCUT2D eigenvalue weighted by Crippen LogP contribution is -2.47. The zero-order valence-electron chi connectivity index (χ0n) is 18.0. The van der Waals surface area contributed by atoms with Crippen LogP contribution in [0.15, 0.2) is 9.52 Å². The Bertz CT molecular complexity index is 853. The zero-order valence-corrected chi connectivity index (χ0v) is 18.0. The molecule has 0 saturated heterocycles. The first-order valence-electron chi connectivity index (χ1n) is 10.0. The first-order valence-corrected chi connectivity index (χ1v) is 10.0. The minimum absolute atomic E-state index is 0.0188. The van der Waals surface area contributed by atoms with Crippen LogP contribution in [-0.2, 0) is 14.4 Å². The SMILES string of the molecule is NC(=O)CC[C@H](NC(=O)N[C@@H](CCCN=C(N)N)c1nc([C@@H](N)CCC(N)=O)no1)C(=O)[OH2+]. The lowest BCUT2D eigenvalue weighted by molar-refractivity contribution is -0.139. The number of urea groups is 1. The van der Waals surface area contributed by atoms with E-state index in [0.29, 0.717) is 6.42 Å². The van der Waals surface area contributed by atoms with Crippen LogP contribution in [0.3, 0.4) is 0 Å². The molecule has 0 fully saturated rings. The highest BCUT2D eigenvalue weighted by molar-refractivity contribution is 5.83. The van der Waals surface area contributed by atoms with Crippen LogP contribution >= 0.6 is 0 Å². The van der Waals surface area contributed by atoms with Gasteiger partial charge in [-0.1, -0.05) is 5.16 Å². The van der Waals surface area contributed by atoms with E-state index in [-0.39, 0.29) is 56.3 Å². The van der Waals surface area contributed by atoms with E-state index >= 15 is 0 Å². The fourth-order valence-corrected chi connectivity index (χ4v) is 2.64. The summed E-state index contributed by atoms with van der Waals surface area (Å²) in [5.74, 6) is -2.25. The summed E-state index contributed by atoms with van der Waals surface area (Å²) in [6.45, 7) is 0.258. The van der Waals surface area contributed by atoms with Gasteiger partial charge < -0.3 is 48.9 Å². The zero-order chi connectivity index (χ0) is 25.0. The molecular formula is C17H31N10O6+. The number of amides is 4. The van der Waals surface area contributed by atoms with E-state index in [4.69, 9.17) is 38.3 Å². The number of primary amides is 2. The van der Waals surface area contributed by atoms with Crippen molar-refractivity contribution < 1.29 is 28.8 Å². The summed E-state index contributed by atoms with van der Waals surface area (Å²) in [5, 5.41) is 15.9. The smallest absolute Gasteiger partial charge is 0.538 e. The van der Waals surface area contributed by atoms with Crippen molar-refractivity contribution in [3.05, 3.63) is 11.7 Å². The Labute approximate surface area is 188 Å². The number of hydrogen-bond acceptors (Lipinski definition) is 9. The van der Waals surface area contributed by atoms with E-state index in [1.54, 1.807) is 0 Å². The molecule has 4 amide bonds. The van der Waals surface area contributed by atoms with Crippen LogP contribution in [0.2, 0.25) is 0 Å². The van der Waals surface area contributed by atoms with Gasteiger partial charge in [0.05, 0.1) is 6.04 Å². The number of rotatable bonds is 15.